The fraction of sp³-hybridized carbons (Fsp3) is 0. The zero-order valence-corrected chi connectivity index (χ0v) is 14.0. The molecule has 0 spiro atoms. The SMILES string of the molecule is Ic1ccc2c(c1)Sc1cc(I)ccc1S2. The van der Waals surface area contributed by atoms with Crippen LogP contribution in [0, 0.1) is 7.14 Å². The molecular formula is C12H6I2S2. The quantitative estimate of drug-likeness (QED) is 0.400. The molecular weight excluding hydrogens is 462 g/mol. The zero-order valence-electron chi connectivity index (χ0n) is 8.04. The Bertz CT molecular complexity index is 517. The molecule has 16 heavy (non-hydrogen) atoms. The van der Waals surface area contributed by atoms with Crippen LogP contribution in [0.5, 0.6) is 0 Å². The van der Waals surface area contributed by atoms with Gasteiger partial charge in [-0.3, -0.25) is 0 Å². The van der Waals surface area contributed by atoms with E-state index in [9.17, 15) is 0 Å². The summed E-state index contributed by atoms with van der Waals surface area (Å²) in [6.07, 6.45) is 0. The second-order valence-corrected chi connectivity index (χ2v) is 8.05. The summed E-state index contributed by atoms with van der Waals surface area (Å²) in [5.74, 6) is 0. The molecule has 2 aromatic rings. The number of hydrogen-bond acceptors (Lipinski definition) is 2. The highest BCUT2D eigenvalue weighted by Gasteiger charge is 2.16. The van der Waals surface area contributed by atoms with Crippen LogP contribution in [0.4, 0.5) is 0 Å². The Kier molecular flexibility index (Phi) is 3.43. The Labute approximate surface area is 130 Å². The molecule has 80 valence electrons. The third kappa shape index (κ3) is 2.26. The first kappa shape index (κ1) is 11.7. The van der Waals surface area contributed by atoms with Crippen molar-refractivity contribution in [3.8, 4) is 0 Å². The lowest BCUT2D eigenvalue weighted by atomic mass is 10.3. The minimum atomic E-state index is 1.30. The molecule has 0 unspecified atom stereocenters. The van der Waals surface area contributed by atoms with Gasteiger partial charge >= 0.3 is 0 Å². The molecule has 0 nitrogen and oxygen atoms in total. The van der Waals surface area contributed by atoms with Crippen molar-refractivity contribution in [2.75, 3.05) is 0 Å². The van der Waals surface area contributed by atoms with E-state index in [1.807, 2.05) is 23.5 Å². The first-order chi connectivity index (χ1) is 7.72. The monoisotopic (exact) mass is 468 g/mol. The minimum Gasteiger partial charge on any atom is -0.0877 e. The second-order valence-electron chi connectivity index (χ2n) is 3.39. The highest BCUT2D eigenvalue weighted by atomic mass is 127. The van der Waals surface area contributed by atoms with Gasteiger partial charge in [0.15, 0.2) is 0 Å². The Morgan fingerprint density at radius 3 is 1.56 bits per heavy atom. The molecule has 0 aliphatic carbocycles. The molecule has 0 radical (unpaired) electrons. The van der Waals surface area contributed by atoms with Crippen LogP contribution >= 0.6 is 68.7 Å². The Morgan fingerprint density at radius 2 is 1.06 bits per heavy atom. The van der Waals surface area contributed by atoms with Crippen LogP contribution in [0.3, 0.4) is 0 Å². The number of fused-ring (bicyclic) bond motifs is 2. The molecule has 0 N–H and O–H groups in total. The maximum Gasteiger partial charge on any atom is 0.0272 e. The normalized spacial score (nSPS) is 13.1. The van der Waals surface area contributed by atoms with Crippen molar-refractivity contribution in [2.24, 2.45) is 0 Å². The van der Waals surface area contributed by atoms with E-state index in [1.165, 1.54) is 26.7 Å². The minimum absolute atomic E-state index is 1.30. The summed E-state index contributed by atoms with van der Waals surface area (Å²) in [5, 5.41) is 0. The molecule has 2 aromatic carbocycles. The lowest BCUT2D eigenvalue weighted by molar-refractivity contribution is 1.15. The zero-order chi connectivity index (χ0) is 11.1. The smallest absolute Gasteiger partial charge is 0.0272 e. The van der Waals surface area contributed by atoms with E-state index in [4.69, 9.17) is 0 Å². The van der Waals surface area contributed by atoms with E-state index in [-0.39, 0.29) is 0 Å². The summed E-state index contributed by atoms with van der Waals surface area (Å²) in [6.45, 7) is 0. The largest absolute Gasteiger partial charge is 0.0877 e. The van der Waals surface area contributed by atoms with Gasteiger partial charge in [0.05, 0.1) is 0 Å². The second kappa shape index (κ2) is 4.70. The highest BCUT2D eigenvalue weighted by Crippen LogP contribution is 2.48. The number of halogens is 2. The van der Waals surface area contributed by atoms with Crippen molar-refractivity contribution < 1.29 is 0 Å². The Balaban J connectivity index is 2.10. The van der Waals surface area contributed by atoms with E-state index < -0.39 is 0 Å². The van der Waals surface area contributed by atoms with Crippen LogP contribution in [0.1, 0.15) is 0 Å². The number of benzene rings is 2. The Morgan fingerprint density at radius 1 is 0.625 bits per heavy atom. The summed E-state index contributed by atoms with van der Waals surface area (Å²) in [7, 11) is 0. The third-order valence-electron chi connectivity index (χ3n) is 2.25. The van der Waals surface area contributed by atoms with Crippen molar-refractivity contribution in [3.63, 3.8) is 0 Å². The van der Waals surface area contributed by atoms with Gasteiger partial charge in [-0.25, -0.2) is 0 Å². The lowest BCUT2D eigenvalue weighted by Gasteiger charge is -2.18. The van der Waals surface area contributed by atoms with Crippen molar-refractivity contribution in [2.45, 2.75) is 19.6 Å². The lowest BCUT2D eigenvalue weighted by Crippen LogP contribution is -1.90. The predicted molar refractivity (Wildman–Crippen MR) is 86.6 cm³/mol. The van der Waals surface area contributed by atoms with Crippen molar-refractivity contribution in [1.82, 2.24) is 0 Å². The van der Waals surface area contributed by atoms with Gasteiger partial charge in [0.2, 0.25) is 0 Å². The van der Waals surface area contributed by atoms with Crippen molar-refractivity contribution >= 4 is 68.7 Å². The van der Waals surface area contributed by atoms with Crippen molar-refractivity contribution in [1.29, 1.82) is 0 Å². The van der Waals surface area contributed by atoms with Gasteiger partial charge in [-0.2, -0.15) is 0 Å². The van der Waals surface area contributed by atoms with Crippen LogP contribution in [0.2, 0.25) is 0 Å². The van der Waals surface area contributed by atoms with Crippen LogP contribution < -0.4 is 0 Å². The molecule has 1 heterocycles. The summed E-state index contributed by atoms with van der Waals surface area (Å²) < 4.78 is 2.61. The van der Waals surface area contributed by atoms with E-state index >= 15 is 0 Å². The maximum absolute atomic E-state index is 2.37. The number of rotatable bonds is 0. The van der Waals surface area contributed by atoms with E-state index in [2.05, 4.69) is 81.6 Å². The molecule has 0 saturated carbocycles. The molecule has 4 heteroatoms. The molecule has 1 aliphatic rings. The summed E-state index contributed by atoms with van der Waals surface area (Å²) in [4.78, 5) is 5.51. The van der Waals surface area contributed by atoms with E-state index in [0.29, 0.717) is 0 Å². The van der Waals surface area contributed by atoms with Crippen LogP contribution in [0.25, 0.3) is 0 Å². The van der Waals surface area contributed by atoms with Gasteiger partial charge in [0, 0.05) is 26.7 Å². The van der Waals surface area contributed by atoms with Gasteiger partial charge in [-0.1, -0.05) is 23.5 Å². The summed E-state index contributed by atoms with van der Waals surface area (Å²) in [6, 6.07) is 13.3. The molecule has 0 bridgehead atoms. The molecule has 0 saturated heterocycles. The predicted octanol–water partition coefficient (Wildman–Crippen LogP) is 5.51. The molecule has 0 aromatic heterocycles. The summed E-state index contributed by atoms with van der Waals surface area (Å²) in [5.41, 5.74) is 0. The van der Waals surface area contributed by atoms with Crippen LogP contribution in [-0.4, -0.2) is 0 Å². The molecule has 0 fully saturated rings. The van der Waals surface area contributed by atoms with Gasteiger partial charge in [-0.15, -0.1) is 0 Å². The highest BCUT2D eigenvalue weighted by molar-refractivity contribution is 14.1. The average Bonchev–Trinajstić information content (AvgIpc) is 2.26. The van der Waals surface area contributed by atoms with Gasteiger partial charge in [0.1, 0.15) is 0 Å². The number of hydrogen-bond donors (Lipinski definition) is 0. The van der Waals surface area contributed by atoms with E-state index in [0.717, 1.165) is 0 Å². The Hall–Kier alpha value is 0.600. The molecule has 3 rings (SSSR count). The standard InChI is InChI=1S/C12H6I2S2/c13-7-1-3-9-11(5-7)16-12-6-8(14)2-4-10(12)15-9/h1-6H. The molecule has 1 aliphatic heterocycles. The first-order valence-electron chi connectivity index (χ1n) is 4.67. The topological polar surface area (TPSA) is 0 Å². The third-order valence-corrected chi connectivity index (χ3v) is 6.12. The maximum atomic E-state index is 2.37. The molecule has 0 atom stereocenters. The summed E-state index contributed by atoms with van der Waals surface area (Å²) >= 11 is 8.49. The first-order valence-corrected chi connectivity index (χ1v) is 8.46. The molecule has 0 amide bonds. The van der Waals surface area contributed by atoms with Gasteiger partial charge in [-0.05, 0) is 81.6 Å². The fourth-order valence-electron chi connectivity index (χ4n) is 1.53. The van der Waals surface area contributed by atoms with Gasteiger partial charge < -0.3 is 0 Å². The van der Waals surface area contributed by atoms with Crippen molar-refractivity contribution in [3.05, 3.63) is 43.5 Å². The average molecular weight is 468 g/mol. The fourth-order valence-corrected chi connectivity index (χ4v) is 5.21. The van der Waals surface area contributed by atoms with Crippen LogP contribution in [-0.2, 0) is 0 Å². The van der Waals surface area contributed by atoms with Gasteiger partial charge in [0.25, 0.3) is 0 Å². The van der Waals surface area contributed by atoms with E-state index in [1.54, 1.807) is 0 Å². The van der Waals surface area contributed by atoms with Crippen LogP contribution in [0.15, 0.2) is 56.0 Å².